The van der Waals surface area contributed by atoms with Gasteiger partial charge in [-0.1, -0.05) is 54.6 Å². The maximum absolute atomic E-state index is 9.93. The van der Waals surface area contributed by atoms with Crippen molar-refractivity contribution < 1.29 is 4.79 Å². The molecule has 2 heteroatoms. The summed E-state index contributed by atoms with van der Waals surface area (Å²) in [7, 11) is 0. The third kappa shape index (κ3) is 5.81. The molecule has 1 N–H and O–H groups in total. The van der Waals surface area contributed by atoms with Gasteiger partial charge in [-0.2, -0.15) is 0 Å². The van der Waals surface area contributed by atoms with Gasteiger partial charge in [0, 0.05) is 6.54 Å². The molecule has 1 aromatic rings. The molecule has 1 aromatic carbocycles. The van der Waals surface area contributed by atoms with Crippen LogP contribution in [0.1, 0.15) is 12.0 Å². The van der Waals surface area contributed by atoms with Crippen LogP contribution in [0.4, 0.5) is 0 Å². The second kappa shape index (κ2) is 8.48. The Morgan fingerprint density at radius 1 is 1.06 bits per heavy atom. The molecule has 0 radical (unpaired) electrons. The van der Waals surface area contributed by atoms with Gasteiger partial charge in [0.2, 0.25) is 6.41 Å². The minimum atomic E-state index is 0.590. The van der Waals surface area contributed by atoms with E-state index in [4.69, 9.17) is 0 Å². The third-order valence-electron chi connectivity index (χ3n) is 2.14. The van der Waals surface area contributed by atoms with E-state index in [1.807, 2.05) is 24.3 Å². The number of nitrogens with one attached hydrogen (secondary N) is 1. The number of hydrogen-bond donors (Lipinski definition) is 1. The number of carbonyl (C=O) groups is 1. The van der Waals surface area contributed by atoms with Gasteiger partial charge in [0.05, 0.1) is 0 Å². The quantitative estimate of drug-likeness (QED) is 0.422. The van der Waals surface area contributed by atoms with Gasteiger partial charge in [-0.15, -0.1) is 0 Å². The third-order valence-corrected chi connectivity index (χ3v) is 2.14. The Labute approximate surface area is 96.7 Å². The van der Waals surface area contributed by atoms with E-state index < -0.39 is 0 Å². The summed E-state index contributed by atoms with van der Waals surface area (Å²) >= 11 is 0. The van der Waals surface area contributed by atoms with Gasteiger partial charge in [0.15, 0.2) is 0 Å². The first-order valence-corrected chi connectivity index (χ1v) is 5.46. The Morgan fingerprint density at radius 3 is 2.56 bits per heavy atom. The molecule has 0 aliphatic rings. The molecule has 1 rings (SSSR count). The number of hydrogen-bond acceptors (Lipinski definition) is 1. The lowest BCUT2D eigenvalue weighted by Gasteiger charge is -1.95. The fraction of sp³-hybridized carbons (Fsp3) is 0.214. The molecule has 0 spiro atoms. The average molecular weight is 215 g/mol. The van der Waals surface area contributed by atoms with Crippen LogP contribution >= 0.6 is 0 Å². The highest BCUT2D eigenvalue weighted by molar-refractivity contribution is 5.46. The van der Waals surface area contributed by atoms with E-state index in [0.717, 1.165) is 12.8 Å². The first-order chi connectivity index (χ1) is 7.93. The number of aryl methyl sites for hydroxylation is 1. The topological polar surface area (TPSA) is 29.1 Å². The highest BCUT2D eigenvalue weighted by Gasteiger charge is 1.86. The number of carbonyl (C=O) groups excluding carboxylic acids is 1. The van der Waals surface area contributed by atoms with E-state index >= 15 is 0 Å². The summed E-state index contributed by atoms with van der Waals surface area (Å²) < 4.78 is 0. The van der Waals surface area contributed by atoms with Crippen LogP contribution in [0, 0.1) is 0 Å². The first-order valence-electron chi connectivity index (χ1n) is 5.46. The van der Waals surface area contributed by atoms with Crippen LogP contribution in [0.3, 0.4) is 0 Å². The van der Waals surface area contributed by atoms with Gasteiger partial charge < -0.3 is 5.32 Å². The van der Waals surface area contributed by atoms with Crippen LogP contribution in [0.15, 0.2) is 54.6 Å². The zero-order valence-corrected chi connectivity index (χ0v) is 9.30. The lowest BCUT2D eigenvalue weighted by Crippen LogP contribution is -2.08. The van der Waals surface area contributed by atoms with E-state index in [2.05, 4.69) is 35.7 Å². The standard InChI is InChI=1S/C14H17NO/c16-13-15-12-8-3-1-2-5-9-14-10-6-4-7-11-14/h1-4,6-8,10-11,13H,5,9,12H2,(H,15,16)/b2-1+,8-3+. The largest absolute Gasteiger partial charge is 0.355 e. The highest BCUT2D eigenvalue weighted by Crippen LogP contribution is 2.02. The van der Waals surface area contributed by atoms with Crippen LogP contribution in [0.25, 0.3) is 0 Å². The summed E-state index contributed by atoms with van der Waals surface area (Å²) in [4.78, 5) is 9.93. The maximum Gasteiger partial charge on any atom is 0.207 e. The monoisotopic (exact) mass is 215 g/mol. The van der Waals surface area contributed by atoms with E-state index in [0.29, 0.717) is 13.0 Å². The molecule has 0 unspecified atom stereocenters. The molecule has 0 aromatic heterocycles. The Balaban J connectivity index is 2.13. The molecule has 2 nitrogen and oxygen atoms in total. The Morgan fingerprint density at radius 2 is 1.81 bits per heavy atom. The predicted octanol–water partition coefficient (Wildman–Crippen LogP) is 2.48. The van der Waals surface area contributed by atoms with Crippen molar-refractivity contribution in [2.75, 3.05) is 6.54 Å². The van der Waals surface area contributed by atoms with Crippen molar-refractivity contribution in [3.8, 4) is 0 Å². The lowest BCUT2D eigenvalue weighted by atomic mass is 10.1. The molecule has 84 valence electrons. The maximum atomic E-state index is 9.93. The summed E-state index contributed by atoms with van der Waals surface area (Å²) in [6, 6.07) is 10.4. The van der Waals surface area contributed by atoms with Gasteiger partial charge in [0.25, 0.3) is 0 Å². The Kier molecular flexibility index (Phi) is 6.48. The molecule has 16 heavy (non-hydrogen) atoms. The smallest absolute Gasteiger partial charge is 0.207 e. The molecule has 0 saturated heterocycles. The van der Waals surface area contributed by atoms with Crippen molar-refractivity contribution in [1.29, 1.82) is 0 Å². The van der Waals surface area contributed by atoms with Crippen molar-refractivity contribution in [2.24, 2.45) is 0 Å². The normalized spacial score (nSPS) is 11.0. The summed E-state index contributed by atoms with van der Waals surface area (Å²) in [6.07, 6.45) is 10.8. The fourth-order valence-electron chi connectivity index (χ4n) is 1.33. The molecule has 0 bridgehead atoms. The van der Waals surface area contributed by atoms with Crippen molar-refractivity contribution in [2.45, 2.75) is 12.8 Å². The first kappa shape index (κ1) is 12.2. The Hall–Kier alpha value is -1.83. The van der Waals surface area contributed by atoms with Crippen LogP contribution in [-0.4, -0.2) is 13.0 Å². The number of amides is 1. The molecular formula is C14H17NO. The minimum Gasteiger partial charge on any atom is -0.355 e. The van der Waals surface area contributed by atoms with Crippen LogP contribution in [-0.2, 0) is 11.2 Å². The summed E-state index contributed by atoms with van der Waals surface area (Å²) in [5.74, 6) is 0. The Bertz CT molecular complexity index is 341. The van der Waals surface area contributed by atoms with Crippen molar-refractivity contribution in [3.05, 3.63) is 60.2 Å². The van der Waals surface area contributed by atoms with Crippen molar-refractivity contribution in [1.82, 2.24) is 5.32 Å². The zero-order valence-electron chi connectivity index (χ0n) is 9.30. The molecule has 0 aliphatic heterocycles. The van der Waals surface area contributed by atoms with E-state index in [9.17, 15) is 4.79 Å². The van der Waals surface area contributed by atoms with Gasteiger partial charge in [0.1, 0.15) is 0 Å². The average Bonchev–Trinajstić information content (AvgIpc) is 2.34. The SMILES string of the molecule is O=CNC/C=C/C=C/CCc1ccccc1. The molecule has 1 amide bonds. The van der Waals surface area contributed by atoms with Gasteiger partial charge in [-0.25, -0.2) is 0 Å². The van der Waals surface area contributed by atoms with Gasteiger partial charge in [-0.05, 0) is 18.4 Å². The second-order valence-corrected chi connectivity index (χ2v) is 3.41. The molecule has 0 aliphatic carbocycles. The van der Waals surface area contributed by atoms with Crippen molar-refractivity contribution >= 4 is 6.41 Å². The molecule has 0 fully saturated rings. The van der Waals surface area contributed by atoms with E-state index in [1.165, 1.54) is 5.56 Å². The minimum absolute atomic E-state index is 0.590. The number of rotatable bonds is 7. The molecule has 0 heterocycles. The van der Waals surface area contributed by atoms with Crippen LogP contribution in [0.5, 0.6) is 0 Å². The summed E-state index contributed by atoms with van der Waals surface area (Å²) in [5, 5.41) is 2.56. The number of allylic oxidation sites excluding steroid dienone is 3. The van der Waals surface area contributed by atoms with Crippen molar-refractivity contribution in [3.63, 3.8) is 0 Å². The van der Waals surface area contributed by atoms with Gasteiger partial charge in [-0.3, -0.25) is 4.79 Å². The molecule has 0 atom stereocenters. The van der Waals surface area contributed by atoms with E-state index in [1.54, 1.807) is 0 Å². The summed E-state index contributed by atoms with van der Waals surface area (Å²) in [5.41, 5.74) is 1.36. The lowest BCUT2D eigenvalue weighted by molar-refractivity contribution is -0.109. The van der Waals surface area contributed by atoms with E-state index in [-0.39, 0.29) is 0 Å². The molecular weight excluding hydrogens is 198 g/mol. The zero-order chi connectivity index (χ0) is 11.5. The second-order valence-electron chi connectivity index (χ2n) is 3.41. The summed E-state index contributed by atoms with van der Waals surface area (Å²) in [6.45, 7) is 0.590. The van der Waals surface area contributed by atoms with Crippen LogP contribution in [0.2, 0.25) is 0 Å². The fourth-order valence-corrected chi connectivity index (χ4v) is 1.33. The molecule has 0 saturated carbocycles. The van der Waals surface area contributed by atoms with Gasteiger partial charge >= 0.3 is 0 Å². The number of benzene rings is 1. The highest BCUT2D eigenvalue weighted by atomic mass is 16.1. The predicted molar refractivity (Wildman–Crippen MR) is 67.1 cm³/mol. The van der Waals surface area contributed by atoms with Crippen LogP contribution < -0.4 is 5.32 Å².